The van der Waals surface area contributed by atoms with Gasteiger partial charge in [-0.2, -0.15) is 0 Å². The molecule has 0 amide bonds. The van der Waals surface area contributed by atoms with Crippen LogP contribution >= 0.6 is 0 Å². The fraction of sp³-hybridized carbons (Fsp3) is 0.167. The maximum atomic E-state index is 11.6. The number of carboxylic acids is 1. The second-order valence-corrected chi connectivity index (χ2v) is 3.85. The van der Waals surface area contributed by atoms with Crippen LogP contribution in [0.15, 0.2) is 23.0 Å². The molecule has 1 aromatic heterocycles. The van der Waals surface area contributed by atoms with Gasteiger partial charge in [0.15, 0.2) is 0 Å². The molecule has 3 N–H and O–H groups in total. The van der Waals surface area contributed by atoms with Crippen LogP contribution in [0.4, 0.5) is 0 Å². The Morgan fingerprint density at radius 1 is 1.41 bits per heavy atom. The van der Waals surface area contributed by atoms with Crippen LogP contribution in [0.2, 0.25) is 0 Å². The number of carbonyl (C=O) groups is 1. The molecule has 5 nitrogen and oxygen atoms in total. The number of aromatic nitrogens is 1. The molecule has 0 aliphatic rings. The van der Waals surface area contributed by atoms with E-state index < -0.39 is 17.9 Å². The Balaban J connectivity index is 2.83. The molecule has 0 aliphatic carbocycles. The van der Waals surface area contributed by atoms with Crippen molar-refractivity contribution in [3.63, 3.8) is 0 Å². The van der Waals surface area contributed by atoms with Crippen molar-refractivity contribution in [2.24, 2.45) is 0 Å². The smallest absolute Gasteiger partial charge is 0.308 e. The monoisotopic (exact) mass is 233 g/mol. The van der Waals surface area contributed by atoms with Gasteiger partial charge in [0.05, 0.1) is 17.5 Å². The molecule has 17 heavy (non-hydrogen) atoms. The van der Waals surface area contributed by atoms with Crippen LogP contribution in [-0.4, -0.2) is 21.2 Å². The number of benzene rings is 1. The van der Waals surface area contributed by atoms with Gasteiger partial charge in [-0.3, -0.25) is 9.59 Å². The molecule has 88 valence electrons. The van der Waals surface area contributed by atoms with Crippen LogP contribution < -0.4 is 5.56 Å². The Morgan fingerprint density at radius 3 is 2.76 bits per heavy atom. The van der Waals surface area contributed by atoms with E-state index in [4.69, 9.17) is 5.11 Å². The van der Waals surface area contributed by atoms with Crippen LogP contribution in [0, 0.1) is 6.92 Å². The molecule has 0 spiro atoms. The molecule has 0 unspecified atom stereocenters. The van der Waals surface area contributed by atoms with Gasteiger partial charge < -0.3 is 15.2 Å². The highest BCUT2D eigenvalue weighted by molar-refractivity contribution is 5.89. The van der Waals surface area contributed by atoms with Crippen LogP contribution in [-0.2, 0) is 11.2 Å². The van der Waals surface area contributed by atoms with Crippen molar-refractivity contribution < 1.29 is 15.0 Å². The summed E-state index contributed by atoms with van der Waals surface area (Å²) in [6.45, 7) is 1.78. The van der Waals surface area contributed by atoms with Crippen LogP contribution in [0.1, 0.15) is 11.1 Å². The minimum absolute atomic E-state index is 0.112. The Morgan fingerprint density at radius 2 is 2.12 bits per heavy atom. The van der Waals surface area contributed by atoms with E-state index >= 15 is 0 Å². The number of pyridine rings is 1. The summed E-state index contributed by atoms with van der Waals surface area (Å²) in [6.07, 6.45) is -0.495. The van der Waals surface area contributed by atoms with E-state index in [2.05, 4.69) is 4.98 Å². The standard InChI is InChI=1S/C12H11NO4/c1-6-3-2-4-8-10(6)11(16)7(5-9(14)15)12(17)13-8/h2-4H,5H2,1H3,(H,14,15)(H2,13,16,17). The topological polar surface area (TPSA) is 90.4 Å². The number of aryl methyl sites for hydroxylation is 1. The molecule has 0 saturated carbocycles. The molecule has 1 aromatic carbocycles. The molecule has 2 aromatic rings. The molecule has 0 saturated heterocycles. The van der Waals surface area contributed by atoms with Crippen molar-refractivity contribution in [1.82, 2.24) is 4.98 Å². The molecule has 0 bridgehead atoms. The Kier molecular flexibility index (Phi) is 2.59. The third-order valence-corrected chi connectivity index (χ3v) is 2.65. The number of aromatic hydroxyl groups is 1. The van der Waals surface area contributed by atoms with Crippen molar-refractivity contribution >= 4 is 16.9 Å². The van der Waals surface area contributed by atoms with E-state index in [1.54, 1.807) is 25.1 Å². The first-order valence-electron chi connectivity index (χ1n) is 5.06. The van der Waals surface area contributed by atoms with E-state index in [1.165, 1.54) is 0 Å². The summed E-state index contributed by atoms with van der Waals surface area (Å²) in [5.74, 6) is -1.40. The van der Waals surface area contributed by atoms with Gasteiger partial charge in [0.1, 0.15) is 5.75 Å². The molecule has 0 aliphatic heterocycles. The third-order valence-electron chi connectivity index (χ3n) is 2.65. The third kappa shape index (κ3) is 1.87. The molecule has 0 fully saturated rings. The van der Waals surface area contributed by atoms with Gasteiger partial charge in [-0.05, 0) is 18.6 Å². The fourth-order valence-electron chi connectivity index (χ4n) is 1.86. The summed E-state index contributed by atoms with van der Waals surface area (Å²) < 4.78 is 0. The number of hydrogen-bond acceptors (Lipinski definition) is 3. The van der Waals surface area contributed by atoms with E-state index in [9.17, 15) is 14.7 Å². The van der Waals surface area contributed by atoms with Gasteiger partial charge in [0, 0.05) is 5.39 Å². The number of H-pyrrole nitrogens is 1. The first-order valence-corrected chi connectivity index (χ1v) is 5.06. The van der Waals surface area contributed by atoms with Gasteiger partial charge in [-0.1, -0.05) is 12.1 Å². The predicted octanol–water partition coefficient (Wildman–Crippen LogP) is 1.17. The van der Waals surface area contributed by atoms with Crippen molar-refractivity contribution in [2.75, 3.05) is 0 Å². The first-order chi connectivity index (χ1) is 8.00. The summed E-state index contributed by atoms with van der Waals surface area (Å²) in [5, 5.41) is 19.2. The summed E-state index contributed by atoms with van der Waals surface area (Å²) in [4.78, 5) is 24.8. The van der Waals surface area contributed by atoms with E-state index in [-0.39, 0.29) is 11.3 Å². The number of hydrogen-bond donors (Lipinski definition) is 3. The molecule has 2 rings (SSSR count). The number of fused-ring (bicyclic) bond motifs is 1. The van der Waals surface area contributed by atoms with Gasteiger partial charge in [-0.25, -0.2) is 0 Å². The highest BCUT2D eigenvalue weighted by atomic mass is 16.4. The Bertz CT molecular complexity index is 657. The second-order valence-electron chi connectivity index (χ2n) is 3.85. The number of carboxylic acid groups (broad SMARTS) is 1. The number of nitrogens with one attached hydrogen (secondary N) is 1. The quantitative estimate of drug-likeness (QED) is 0.726. The van der Waals surface area contributed by atoms with E-state index in [0.717, 1.165) is 5.56 Å². The van der Waals surface area contributed by atoms with Gasteiger partial charge in [0.25, 0.3) is 5.56 Å². The van der Waals surface area contributed by atoms with Gasteiger partial charge in [-0.15, -0.1) is 0 Å². The molecule has 0 radical (unpaired) electrons. The van der Waals surface area contributed by atoms with E-state index in [1.807, 2.05) is 0 Å². The molecule has 1 heterocycles. The van der Waals surface area contributed by atoms with Crippen LogP contribution in [0.3, 0.4) is 0 Å². The zero-order chi connectivity index (χ0) is 12.6. The largest absolute Gasteiger partial charge is 0.507 e. The molecular weight excluding hydrogens is 222 g/mol. The Hall–Kier alpha value is -2.30. The summed E-state index contributed by atoms with van der Waals surface area (Å²) >= 11 is 0. The number of aromatic amines is 1. The lowest BCUT2D eigenvalue weighted by molar-refractivity contribution is -0.136. The van der Waals surface area contributed by atoms with Crippen LogP contribution in [0.5, 0.6) is 5.75 Å². The maximum Gasteiger partial charge on any atom is 0.308 e. The normalized spacial score (nSPS) is 10.6. The highest BCUT2D eigenvalue weighted by Gasteiger charge is 2.15. The minimum atomic E-state index is -1.15. The van der Waals surface area contributed by atoms with Crippen molar-refractivity contribution in [3.8, 4) is 5.75 Å². The Labute approximate surface area is 96.3 Å². The summed E-state index contributed by atoms with van der Waals surface area (Å²) in [5.41, 5.74) is 0.604. The number of aliphatic carboxylic acids is 1. The molecule has 0 atom stereocenters. The van der Waals surface area contributed by atoms with Gasteiger partial charge >= 0.3 is 5.97 Å². The number of rotatable bonds is 2. The van der Waals surface area contributed by atoms with Crippen molar-refractivity contribution in [1.29, 1.82) is 0 Å². The predicted molar refractivity (Wildman–Crippen MR) is 62.3 cm³/mol. The zero-order valence-electron chi connectivity index (χ0n) is 9.15. The molecule has 5 heteroatoms. The van der Waals surface area contributed by atoms with Gasteiger partial charge in [0.2, 0.25) is 0 Å². The lowest BCUT2D eigenvalue weighted by Crippen LogP contribution is -2.16. The first kappa shape index (κ1) is 11.2. The van der Waals surface area contributed by atoms with E-state index in [0.29, 0.717) is 10.9 Å². The lowest BCUT2D eigenvalue weighted by Gasteiger charge is -2.07. The average Bonchev–Trinajstić information content (AvgIpc) is 2.23. The van der Waals surface area contributed by atoms with Crippen molar-refractivity contribution in [3.05, 3.63) is 39.7 Å². The highest BCUT2D eigenvalue weighted by Crippen LogP contribution is 2.27. The average molecular weight is 233 g/mol. The summed E-state index contributed by atoms with van der Waals surface area (Å²) in [7, 11) is 0. The van der Waals surface area contributed by atoms with Crippen LogP contribution in [0.25, 0.3) is 10.9 Å². The fourth-order valence-corrected chi connectivity index (χ4v) is 1.86. The molecular formula is C12H11NO4. The maximum absolute atomic E-state index is 11.6. The minimum Gasteiger partial charge on any atom is -0.507 e. The summed E-state index contributed by atoms with van der Waals surface area (Å²) in [6, 6.07) is 5.20. The van der Waals surface area contributed by atoms with Crippen molar-refractivity contribution in [2.45, 2.75) is 13.3 Å². The lowest BCUT2D eigenvalue weighted by atomic mass is 10.0. The second kappa shape index (κ2) is 3.93. The zero-order valence-corrected chi connectivity index (χ0v) is 9.15. The SMILES string of the molecule is Cc1cccc2[nH]c(=O)c(CC(=O)O)c(O)c12.